The van der Waals surface area contributed by atoms with E-state index in [4.69, 9.17) is 9.47 Å². The molecule has 0 saturated carbocycles. The number of thiazole rings is 1. The van der Waals surface area contributed by atoms with Gasteiger partial charge in [-0.3, -0.25) is 0 Å². The first-order valence-electron chi connectivity index (χ1n) is 6.37. The third-order valence-corrected chi connectivity index (χ3v) is 3.72. The van der Waals surface area contributed by atoms with Crippen LogP contribution in [-0.4, -0.2) is 18.1 Å². The molecule has 0 fully saturated rings. The number of benzene rings is 1. The number of aromatic nitrogens is 1. The lowest BCUT2D eigenvalue weighted by atomic mass is 10.1. The minimum absolute atomic E-state index is 0.299. The van der Waals surface area contributed by atoms with Gasteiger partial charge in [0.25, 0.3) is 0 Å². The lowest BCUT2D eigenvalue weighted by Gasteiger charge is -2.09. The molecule has 1 aliphatic heterocycles. The van der Waals surface area contributed by atoms with Gasteiger partial charge in [-0.1, -0.05) is 6.92 Å². The van der Waals surface area contributed by atoms with Crippen molar-refractivity contribution in [2.75, 3.05) is 13.2 Å². The fourth-order valence-corrected chi connectivity index (χ4v) is 2.70. The van der Waals surface area contributed by atoms with Crippen molar-refractivity contribution >= 4 is 11.3 Å². The highest BCUT2D eigenvalue weighted by atomic mass is 32.1. The van der Waals surface area contributed by atoms with E-state index in [2.05, 4.69) is 23.3 Å². The van der Waals surface area contributed by atoms with Crippen LogP contribution in [0.25, 0.3) is 0 Å². The molecule has 2 heterocycles. The van der Waals surface area contributed by atoms with E-state index in [-0.39, 0.29) is 0 Å². The Morgan fingerprint density at radius 2 is 2.47 bits per heavy atom. The SMILES string of the molecule is CCNC1COc2cc(OCc3cscn3)ccc21. The maximum absolute atomic E-state index is 5.71. The van der Waals surface area contributed by atoms with Crippen LogP contribution < -0.4 is 14.8 Å². The molecule has 100 valence electrons. The third-order valence-electron chi connectivity index (χ3n) is 3.09. The van der Waals surface area contributed by atoms with Gasteiger partial charge in [0.15, 0.2) is 0 Å². The van der Waals surface area contributed by atoms with E-state index < -0.39 is 0 Å². The molecular formula is C14H16N2O2S. The quantitative estimate of drug-likeness (QED) is 0.912. The van der Waals surface area contributed by atoms with Crippen LogP contribution >= 0.6 is 11.3 Å². The van der Waals surface area contributed by atoms with Gasteiger partial charge in [-0.2, -0.15) is 0 Å². The molecule has 4 nitrogen and oxygen atoms in total. The van der Waals surface area contributed by atoms with Crippen LogP contribution in [0.4, 0.5) is 0 Å². The molecule has 0 aliphatic carbocycles. The summed E-state index contributed by atoms with van der Waals surface area (Å²) >= 11 is 1.58. The number of ether oxygens (including phenoxy) is 2. The van der Waals surface area contributed by atoms with Gasteiger partial charge in [0.05, 0.1) is 17.2 Å². The zero-order valence-electron chi connectivity index (χ0n) is 10.8. The van der Waals surface area contributed by atoms with E-state index in [9.17, 15) is 0 Å². The van der Waals surface area contributed by atoms with E-state index in [0.717, 1.165) is 23.7 Å². The topological polar surface area (TPSA) is 43.4 Å². The van der Waals surface area contributed by atoms with Gasteiger partial charge in [0.2, 0.25) is 0 Å². The fraction of sp³-hybridized carbons (Fsp3) is 0.357. The molecule has 1 N–H and O–H groups in total. The van der Waals surface area contributed by atoms with E-state index in [1.165, 1.54) is 5.56 Å². The summed E-state index contributed by atoms with van der Waals surface area (Å²) in [6.45, 7) is 4.23. The Balaban J connectivity index is 1.68. The van der Waals surface area contributed by atoms with Crippen molar-refractivity contribution in [1.29, 1.82) is 0 Å². The van der Waals surface area contributed by atoms with Crippen molar-refractivity contribution in [1.82, 2.24) is 10.3 Å². The number of nitrogens with one attached hydrogen (secondary N) is 1. The maximum Gasteiger partial charge on any atom is 0.131 e. The predicted molar refractivity (Wildman–Crippen MR) is 74.8 cm³/mol. The molecule has 0 amide bonds. The molecular weight excluding hydrogens is 260 g/mol. The van der Waals surface area contributed by atoms with Gasteiger partial charge in [-0.05, 0) is 18.7 Å². The van der Waals surface area contributed by atoms with Crippen LogP contribution in [0, 0.1) is 0 Å². The fourth-order valence-electron chi connectivity index (χ4n) is 2.16. The predicted octanol–water partition coefficient (Wildman–Crippen LogP) is 2.77. The second-order valence-corrected chi connectivity index (χ2v) is 5.11. The van der Waals surface area contributed by atoms with Crippen molar-refractivity contribution in [2.24, 2.45) is 0 Å². The molecule has 19 heavy (non-hydrogen) atoms. The number of nitrogens with zero attached hydrogens (tertiary/aromatic N) is 1. The van der Waals surface area contributed by atoms with Crippen LogP contribution in [-0.2, 0) is 6.61 Å². The number of hydrogen-bond donors (Lipinski definition) is 1. The second kappa shape index (κ2) is 5.59. The normalized spacial score (nSPS) is 17.0. The first-order chi connectivity index (χ1) is 9.36. The van der Waals surface area contributed by atoms with Crippen LogP contribution in [0.5, 0.6) is 11.5 Å². The van der Waals surface area contributed by atoms with Crippen molar-refractivity contribution in [2.45, 2.75) is 19.6 Å². The molecule has 2 aromatic rings. The maximum atomic E-state index is 5.71. The van der Waals surface area contributed by atoms with Crippen molar-refractivity contribution in [3.8, 4) is 11.5 Å². The number of rotatable bonds is 5. The summed E-state index contributed by atoms with van der Waals surface area (Å²) in [7, 11) is 0. The third kappa shape index (κ3) is 2.72. The molecule has 3 rings (SSSR count). The van der Waals surface area contributed by atoms with Crippen LogP contribution in [0.2, 0.25) is 0 Å². The summed E-state index contributed by atoms with van der Waals surface area (Å²) in [6.07, 6.45) is 0. The summed E-state index contributed by atoms with van der Waals surface area (Å²) in [4.78, 5) is 4.19. The Kier molecular flexibility index (Phi) is 3.66. The van der Waals surface area contributed by atoms with Crippen LogP contribution in [0.15, 0.2) is 29.1 Å². The van der Waals surface area contributed by atoms with Gasteiger partial charge in [-0.15, -0.1) is 11.3 Å². The van der Waals surface area contributed by atoms with Gasteiger partial charge >= 0.3 is 0 Å². The Labute approximate surface area is 116 Å². The van der Waals surface area contributed by atoms with Crippen LogP contribution in [0.3, 0.4) is 0 Å². The highest BCUT2D eigenvalue weighted by molar-refractivity contribution is 7.07. The van der Waals surface area contributed by atoms with E-state index >= 15 is 0 Å². The molecule has 1 atom stereocenters. The molecule has 1 aromatic carbocycles. The zero-order chi connectivity index (χ0) is 13.1. The molecule has 1 aliphatic rings. The standard InChI is InChI=1S/C14H16N2O2S/c1-2-15-13-7-18-14-5-11(3-4-12(13)14)17-6-10-8-19-9-16-10/h3-5,8-9,13,15H,2,6-7H2,1H3. The van der Waals surface area contributed by atoms with Gasteiger partial charge in [0, 0.05) is 17.0 Å². The van der Waals surface area contributed by atoms with Crippen molar-refractivity contribution in [3.05, 3.63) is 40.3 Å². The molecule has 1 unspecified atom stereocenters. The van der Waals surface area contributed by atoms with E-state index in [1.54, 1.807) is 11.3 Å². The highest BCUT2D eigenvalue weighted by Crippen LogP contribution is 2.35. The van der Waals surface area contributed by atoms with E-state index in [0.29, 0.717) is 19.3 Å². The first-order valence-corrected chi connectivity index (χ1v) is 7.31. The molecule has 0 saturated heterocycles. The van der Waals surface area contributed by atoms with E-state index in [1.807, 2.05) is 23.0 Å². The van der Waals surface area contributed by atoms with Crippen LogP contribution in [0.1, 0.15) is 24.2 Å². The average Bonchev–Trinajstić information content (AvgIpc) is 3.06. The first kappa shape index (κ1) is 12.4. The summed E-state index contributed by atoms with van der Waals surface area (Å²) in [5.74, 6) is 1.74. The highest BCUT2D eigenvalue weighted by Gasteiger charge is 2.23. The monoisotopic (exact) mass is 276 g/mol. The van der Waals surface area contributed by atoms with Crippen molar-refractivity contribution < 1.29 is 9.47 Å². The summed E-state index contributed by atoms with van der Waals surface area (Å²) < 4.78 is 11.4. The molecule has 0 spiro atoms. The van der Waals surface area contributed by atoms with Gasteiger partial charge in [-0.25, -0.2) is 4.98 Å². The summed E-state index contributed by atoms with van der Waals surface area (Å²) in [5.41, 5.74) is 3.98. The number of hydrogen-bond acceptors (Lipinski definition) is 5. The minimum atomic E-state index is 0.299. The minimum Gasteiger partial charge on any atom is -0.491 e. The van der Waals surface area contributed by atoms with Gasteiger partial charge < -0.3 is 14.8 Å². The largest absolute Gasteiger partial charge is 0.491 e. The molecule has 5 heteroatoms. The Bertz CT molecular complexity index is 542. The molecule has 1 aromatic heterocycles. The lowest BCUT2D eigenvalue weighted by Crippen LogP contribution is -2.21. The Morgan fingerprint density at radius 1 is 1.53 bits per heavy atom. The average molecular weight is 276 g/mol. The lowest BCUT2D eigenvalue weighted by molar-refractivity contribution is 0.295. The molecule has 0 bridgehead atoms. The molecule has 0 radical (unpaired) electrons. The Morgan fingerprint density at radius 3 is 3.26 bits per heavy atom. The second-order valence-electron chi connectivity index (χ2n) is 4.39. The van der Waals surface area contributed by atoms with Gasteiger partial charge in [0.1, 0.15) is 24.7 Å². The summed E-state index contributed by atoms with van der Waals surface area (Å²) in [6, 6.07) is 6.32. The van der Waals surface area contributed by atoms with Crippen molar-refractivity contribution in [3.63, 3.8) is 0 Å². The number of fused-ring (bicyclic) bond motifs is 1. The zero-order valence-corrected chi connectivity index (χ0v) is 11.6. The Hall–Kier alpha value is -1.59. The smallest absolute Gasteiger partial charge is 0.131 e. The number of likely N-dealkylation sites (N-methyl/N-ethyl adjacent to an activating group) is 1. The summed E-state index contributed by atoms with van der Waals surface area (Å²) in [5, 5.41) is 5.39.